The number of amides is 2. The zero-order chi connectivity index (χ0) is 21.7. The lowest BCUT2D eigenvalue weighted by Crippen LogP contribution is -2.47. The van der Waals surface area contributed by atoms with Crippen molar-refractivity contribution in [2.24, 2.45) is 0 Å². The number of aliphatic carboxylic acids is 1. The van der Waals surface area contributed by atoms with Gasteiger partial charge in [-0.05, 0) is 28.7 Å². The van der Waals surface area contributed by atoms with Crippen molar-refractivity contribution in [3.05, 3.63) is 59.7 Å². The predicted octanol–water partition coefficient (Wildman–Crippen LogP) is 2.78. The number of alkyl carbamates (subject to hydrolysis) is 1. The lowest BCUT2D eigenvalue weighted by molar-refractivity contribution is -0.187. The molecule has 0 heterocycles. The summed E-state index contributed by atoms with van der Waals surface area (Å²) in [6.45, 7) is 1.21. The molecule has 8 nitrogen and oxygen atoms in total. The highest BCUT2D eigenvalue weighted by atomic mass is 16.7. The standard InChI is InChI=1S/C22H24N2O6/c1-3-19(21(27)24(2)30-13-20(25)26)23-22(28)29-12-18-16-10-6-4-8-14(16)15-9-5-7-11-17(15)18/h4-11,18-19H,3,12-13H2,1-2H3,(H,23,28)(H,25,26)/t19-/m0/s1. The Bertz CT molecular complexity index is 899. The minimum atomic E-state index is -1.20. The molecule has 0 fully saturated rings. The van der Waals surface area contributed by atoms with Gasteiger partial charge in [-0.25, -0.2) is 14.7 Å². The van der Waals surface area contributed by atoms with Gasteiger partial charge >= 0.3 is 12.1 Å². The van der Waals surface area contributed by atoms with E-state index in [2.05, 4.69) is 5.32 Å². The number of benzene rings is 2. The van der Waals surface area contributed by atoms with E-state index in [9.17, 15) is 14.4 Å². The van der Waals surface area contributed by atoms with Crippen molar-refractivity contribution in [3.63, 3.8) is 0 Å². The number of ether oxygens (including phenoxy) is 1. The fraction of sp³-hybridized carbons (Fsp3) is 0.318. The number of carbonyl (C=O) groups excluding carboxylic acids is 2. The predicted molar refractivity (Wildman–Crippen MR) is 109 cm³/mol. The van der Waals surface area contributed by atoms with Crippen LogP contribution in [0.3, 0.4) is 0 Å². The monoisotopic (exact) mass is 412 g/mol. The van der Waals surface area contributed by atoms with E-state index in [1.165, 1.54) is 7.05 Å². The molecule has 8 heteroatoms. The molecule has 0 aliphatic heterocycles. The molecule has 30 heavy (non-hydrogen) atoms. The largest absolute Gasteiger partial charge is 0.479 e. The van der Waals surface area contributed by atoms with Crippen molar-refractivity contribution in [1.29, 1.82) is 0 Å². The lowest BCUT2D eigenvalue weighted by atomic mass is 9.98. The van der Waals surface area contributed by atoms with Crippen LogP contribution < -0.4 is 5.32 Å². The summed E-state index contributed by atoms with van der Waals surface area (Å²) in [4.78, 5) is 40.1. The molecule has 158 valence electrons. The molecular weight excluding hydrogens is 388 g/mol. The maximum absolute atomic E-state index is 12.3. The van der Waals surface area contributed by atoms with Crippen LogP contribution in [-0.2, 0) is 19.2 Å². The summed E-state index contributed by atoms with van der Waals surface area (Å²) in [6.07, 6.45) is -0.423. The van der Waals surface area contributed by atoms with Gasteiger partial charge in [-0.1, -0.05) is 55.5 Å². The van der Waals surface area contributed by atoms with Crippen LogP contribution in [-0.4, -0.2) is 54.4 Å². The zero-order valence-electron chi connectivity index (χ0n) is 16.8. The third-order valence-electron chi connectivity index (χ3n) is 5.03. The third kappa shape index (κ3) is 4.60. The number of carboxylic acids is 1. The van der Waals surface area contributed by atoms with Crippen LogP contribution in [0.15, 0.2) is 48.5 Å². The molecule has 2 aromatic carbocycles. The minimum absolute atomic E-state index is 0.0829. The molecule has 1 aliphatic carbocycles. The molecule has 2 aromatic rings. The summed E-state index contributed by atoms with van der Waals surface area (Å²) >= 11 is 0. The number of rotatable bonds is 8. The molecule has 3 rings (SSSR count). The number of nitrogens with zero attached hydrogens (tertiary/aromatic N) is 1. The number of nitrogens with one attached hydrogen (secondary N) is 1. The molecule has 0 aromatic heterocycles. The first kappa shape index (κ1) is 21.3. The van der Waals surface area contributed by atoms with Gasteiger partial charge in [0.25, 0.3) is 5.91 Å². The maximum Gasteiger partial charge on any atom is 0.407 e. The number of carbonyl (C=O) groups is 3. The summed E-state index contributed by atoms with van der Waals surface area (Å²) in [5, 5.41) is 12.0. The van der Waals surface area contributed by atoms with E-state index >= 15 is 0 Å². The van der Waals surface area contributed by atoms with Crippen molar-refractivity contribution in [1.82, 2.24) is 10.4 Å². The average molecular weight is 412 g/mol. The van der Waals surface area contributed by atoms with E-state index < -0.39 is 30.6 Å². The van der Waals surface area contributed by atoms with Crippen LogP contribution >= 0.6 is 0 Å². The average Bonchev–Trinajstić information content (AvgIpc) is 3.07. The topological polar surface area (TPSA) is 105 Å². The lowest BCUT2D eigenvalue weighted by Gasteiger charge is -2.22. The second-order valence-corrected chi connectivity index (χ2v) is 6.93. The molecule has 1 aliphatic rings. The van der Waals surface area contributed by atoms with Gasteiger partial charge in [0.05, 0.1) is 0 Å². The molecule has 0 radical (unpaired) electrons. The van der Waals surface area contributed by atoms with Gasteiger partial charge < -0.3 is 15.2 Å². The first-order chi connectivity index (χ1) is 14.4. The summed E-state index contributed by atoms with van der Waals surface area (Å²) in [5.41, 5.74) is 4.44. The zero-order valence-corrected chi connectivity index (χ0v) is 16.8. The van der Waals surface area contributed by atoms with Gasteiger partial charge in [-0.3, -0.25) is 9.63 Å². The van der Waals surface area contributed by atoms with Crippen molar-refractivity contribution >= 4 is 18.0 Å². The second kappa shape index (κ2) is 9.41. The second-order valence-electron chi connectivity index (χ2n) is 6.93. The molecule has 0 saturated carbocycles. The molecular formula is C22H24N2O6. The molecule has 0 spiro atoms. The Kier molecular flexibility index (Phi) is 6.68. The molecule has 0 unspecified atom stereocenters. The highest BCUT2D eigenvalue weighted by Gasteiger charge is 2.30. The number of fused-ring (bicyclic) bond motifs is 3. The van der Waals surface area contributed by atoms with E-state index in [1.807, 2.05) is 48.5 Å². The summed E-state index contributed by atoms with van der Waals surface area (Å²) in [7, 11) is 1.30. The Hall–Kier alpha value is -3.39. The third-order valence-corrected chi connectivity index (χ3v) is 5.03. The van der Waals surface area contributed by atoms with Crippen molar-refractivity contribution in [2.45, 2.75) is 25.3 Å². The Balaban J connectivity index is 1.61. The van der Waals surface area contributed by atoms with Gasteiger partial charge in [0.2, 0.25) is 0 Å². The van der Waals surface area contributed by atoms with E-state index in [0.717, 1.165) is 27.3 Å². The molecule has 0 bridgehead atoms. The highest BCUT2D eigenvalue weighted by Crippen LogP contribution is 2.44. The fourth-order valence-electron chi connectivity index (χ4n) is 3.56. The van der Waals surface area contributed by atoms with Gasteiger partial charge in [0.1, 0.15) is 12.6 Å². The Labute approximate surface area is 174 Å². The van der Waals surface area contributed by atoms with Crippen LogP contribution in [0.2, 0.25) is 0 Å². The Morgan fingerprint density at radius 1 is 1.07 bits per heavy atom. The minimum Gasteiger partial charge on any atom is -0.479 e. The number of likely N-dealkylation sites (N-methyl/N-ethyl adjacent to an activating group) is 1. The normalized spacial score (nSPS) is 13.1. The molecule has 2 N–H and O–H groups in total. The number of carboxylic acid groups (broad SMARTS) is 1. The number of hydrogen-bond acceptors (Lipinski definition) is 5. The van der Waals surface area contributed by atoms with E-state index in [-0.39, 0.29) is 12.5 Å². The SMILES string of the molecule is CC[C@H](NC(=O)OCC1c2ccccc2-c2ccccc21)C(=O)N(C)OCC(=O)O. The van der Waals surface area contributed by atoms with Crippen LogP contribution in [0.5, 0.6) is 0 Å². The van der Waals surface area contributed by atoms with Crippen molar-refractivity contribution in [3.8, 4) is 11.1 Å². The highest BCUT2D eigenvalue weighted by molar-refractivity contribution is 5.85. The van der Waals surface area contributed by atoms with E-state index in [1.54, 1.807) is 6.92 Å². The Morgan fingerprint density at radius 3 is 2.17 bits per heavy atom. The quantitative estimate of drug-likeness (QED) is 0.646. The van der Waals surface area contributed by atoms with Crippen LogP contribution in [0.25, 0.3) is 11.1 Å². The van der Waals surface area contributed by atoms with E-state index in [0.29, 0.717) is 6.42 Å². The van der Waals surface area contributed by atoms with Gasteiger partial charge in [0, 0.05) is 13.0 Å². The van der Waals surface area contributed by atoms with Crippen LogP contribution in [0.4, 0.5) is 4.79 Å². The fourth-order valence-corrected chi connectivity index (χ4v) is 3.56. The molecule has 2 amide bonds. The summed E-state index contributed by atoms with van der Waals surface area (Å²) in [6, 6.07) is 15.1. The van der Waals surface area contributed by atoms with Crippen LogP contribution in [0.1, 0.15) is 30.4 Å². The molecule has 1 atom stereocenters. The summed E-state index contributed by atoms with van der Waals surface area (Å²) < 4.78 is 5.44. The first-order valence-corrected chi connectivity index (χ1v) is 9.66. The van der Waals surface area contributed by atoms with Crippen LogP contribution in [0, 0.1) is 0 Å². The Morgan fingerprint density at radius 2 is 1.63 bits per heavy atom. The van der Waals surface area contributed by atoms with Gasteiger partial charge in [-0.15, -0.1) is 0 Å². The number of hydroxylamine groups is 2. The summed E-state index contributed by atoms with van der Waals surface area (Å²) in [5.74, 6) is -1.85. The van der Waals surface area contributed by atoms with E-state index in [4.69, 9.17) is 14.7 Å². The molecule has 0 saturated heterocycles. The van der Waals surface area contributed by atoms with Crippen molar-refractivity contribution < 1.29 is 29.1 Å². The first-order valence-electron chi connectivity index (χ1n) is 9.66. The van der Waals surface area contributed by atoms with Gasteiger partial charge in [-0.2, -0.15) is 0 Å². The number of hydrogen-bond donors (Lipinski definition) is 2. The van der Waals surface area contributed by atoms with Gasteiger partial charge in [0.15, 0.2) is 6.61 Å². The smallest absolute Gasteiger partial charge is 0.407 e. The van der Waals surface area contributed by atoms with Crippen molar-refractivity contribution in [2.75, 3.05) is 20.3 Å². The maximum atomic E-state index is 12.3.